The lowest BCUT2D eigenvalue weighted by atomic mass is 10.0. The Morgan fingerprint density at radius 1 is 0.948 bits per heavy atom. The second-order valence-corrected chi connectivity index (χ2v) is 18.2. The zero-order valence-corrected chi connectivity index (χ0v) is 32.8. The predicted molar refractivity (Wildman–Crippen MR) is 212 cm³/mol. The fourth-order valence-electron chi connectivity index (χ4n) is 7.75. The number of allylic oxidation sites excluding steroid dienone is 1. The Morgan fingerprint density at radius 2 is 1.72 bits per heavy atom. The predicted octanol–water partition coefficient (Wildman–Crippen LogP) is 4.05. The van der Waals surface area contributed by atoms with Crippen LogP contribution in [0.1, 0.15) is 68.3 Å². The number of rotatable bonds is 8. The summed E-state index contributed by atoms with van der Waals surface area (Å²) in [4.78, 5) is 72.2. The monoisotopic (exact) mass is 824 g/mol. The molecule has 0 bridgehead atoms. The largest absolute Gasteiger partial charge is 0.471 e. The zero-order valence-electron chi connectivity index (χ0n) is 31.2. The number of sulfonamides is 1. The first-order valence-corrected chi connectivity index (χ1v) is 21.8. The van der Waals surface area contributed by atoms with Gasteiger partial charge < -0.3 is 24.8 Å². The normalized spacial score (nSPS) is 25.3. The molecule has 0 radical (unpaired) electrons. The van der Waals surface area contributed by atoms with Gasteiger partial charge in [-0.3, -0.25) is 23.9 Å². The summed E-state index contributed by atoms with van der Waals surface area (Å²) in [6.45, 7) is -0.0715. The van der Waals surface area contributed by atoms with E-state index in [0.29, 0.717) is 47.4 Å². The van der Waals surface area contributed by atoms with Gasteiger partial charge in [0.1, 0.15) is 28.7 Å². The molecule has 4 aliphatic rings. The quantitative estimate of drug-likeness (QED) is 0.189. The van der Waals surface area contributed by atoms with Gasteiger partial charge in [-0.1, -0.05) is 54.4 Å². The van der Waals surface area contributed by atoms with Crippen molar-refractivity contribution < 1.29 is 36.9 Å². The molecule has 2 aliphatic heterocycles. The molecule has 5 heterocycles. The van der Waals surface area contributed by atoms with Crippen LogP contribution in [0, 0.1) is 5.92 Å². The van der Waals surface area contributed by atoms with Crippen LogP contribution >= 0.6 is 11.3 Å². The summed E-state index contributed by atoms with van der Waals surface area (Å²) in [5.74, 6) is -2.97. The average molecular weight is 825 g/mol. The SMILES string of the molecule is O=C(N[C@H]1CCCCCC=C[C@H]2C[C@@]2(C(=O)NS(=O)(=O)C2CC2)NC(=O)[C@@H]2C[C@@H](Oc3nc4ccccc4nc3-c3nc4ccccc4s3)CN2C1=O)c1ccno1. The summed E-state index contributed by atoms with van der Waals surface area (Å²) in [5.41, 5.74) is 0.849. The average Bonchev–Trinajstić information content (AvgIpc) is 3.98. The molecule has 3 fully saturated rings. The molecule has 2 aliphatic carbocycles. The molecule has 4 amide bonds. The number of ether oxygens (including phenoxy) is 1. The molecule has 3 aromatic heterocycles. The summed E-state index contributed by atoms with van der Waals surface area (Å²) < 4.78 is 40.7. The molecule has 16 nitrogen and oxygen atoms in total. The minimum atomic E-state index is -3.92. The molecule has 300 valence electrons. The highest BCUT2D eigenvalue weighted by atomic mass is 32.2. The third kappa shape index (κ3) is 7.53. The molecular weight excluding hydrogens is 785 g/mol. The molecule has 3 N–H and O–H groups in total. The second-order valence-electron chi connectivity index (χ2n) is 15.3. The number of hydrogen-bond donors (Lipinski definition) is 3. The number of para-hydroxylation sites is 3. The highest BCUT2D eigenvalue weighted by Gasteiger charge is 2.62. The van der Waals surface area contributed by atoms with E-state index in [4.69, 9.17) is 24.2 Å². The maximum absolute atomic E-state index is 14.7. The van der Waals surface area contributed by atoms with Crippen molar-refractivity contribution in [3.8, 4) is 16.6 Å². The zero-order chi connectivity index (χ0) is 40.0. The third-order valence-electron chi connectivity index (χ3n) is 11.1. The van der Waals surface area contributed by atoms with Crippen molar-refractivity contribution in [1.82, 2.24) is 40.4 Å². The van der Waals surface area contributed by atoms with Crippen LogP contribution < -0.4 is 20.1 Å². The van der Waals surface area contributed by atoms with Crippen LogP contribution in [0.3, 0.4) is 0 Å². The summed E-state index contributed by atoms with van der Waals surface area (Å²) in [5, 5.41) is 9.23. The number of carbonyl (C=O) groups is 4. The maximum Gasteiger partial charge on any atom is 0.290 e. The lowest BCUT2D eigenvalue weighted by molar-refractivity contribution is -0.141. The number of amides is 4. The number of hydrogen-bond acceptors (Lipinski definition) is 13. The molecule has 5 aromatic rings. The molecule has 18 heteroatoms. The third-order valence-corrected chi connectivity index (χ3v) is 14.0. The van der Waals surface area contributed by atoms with Crippen LogP contribution in [-0.4, -0.2) is 92.6 Å². The number of nitrogens with zero attached hydrogens (tertiary/aromatic N) is 5. The van der Waals surface area contributed by atoms with E-state index in [1.807, 2.05) is 60.7 Å². The van der Waals surface area contributed by atoms with Crippen LogP contribution in [-0.2, 0) is 24.4 Å². The van der Waals surface area contributed by atoms with Gasteiger partial charge in [-0.2, -0.15) is 0 Å². The van der Waals surface area contributed by atoms with Crippen molar-refractivity contribution in [2.24, 2.45) is 5.92 Å². The van der Waals surface area contributed by atoms with Crippen molar-refractivity contribution in [3.05, 3.63) is 78.7 Å². The van der Waals surface area contributed by atoms with E-state index < -0.39 is 68.5 Å². The van der Waals surface area contributed by atoms with Gasteiger partial charge in [0.05, 0.1) is 39.2 Å². The van der Waals surface area contributed by atoms with Crippen molar-refractivity contribution in [1.29, 1.82) is 0 Å². The standard InChI is InChI=1S/C40H40N8O8S2/c49-34-30-20-24(55-36-33(42-26-11-6-7-12-27(26)44-36)37-45-28-13-8-9-15-32(28)57-37)22-48(30)38(51)29(43-35(50)31-18-19-41-56-31)14-5-3-1-2-4-10-23-21-40(23,46-34)39(52)47-58(53,54)25-16-17-25/h4,6-13,15,18-19,23-25,29-30H,1-3,5,14,16-17,20-22H2,(H,43,50)(H,46,49)(H,47,52)/t23-,24+,29-,30-,40+/m0/s1. The molecule has 1 saturated heterocycles. The molecule has 0 spiro atoms. The Kier molecular flexibility index (Phi) is 9.91. The molecule has 0 unspecified atom stereocenters. The molecule has 2 aromatic carbocycles. The summed E-state index contributed by atoms with van der Waals surface area (Å²) >= 11 is 1.43. The van der Waals surface area contributed by atoms with Gasteiger partial charge in [0.25, 0.3) is 11.8 Å². The Morgan fingerprint density at radius 3 is 2.48 bits per heavy atom. The number of thiazole rings is 1. The Balaban J connectivity index is 1.06. The summed E-state index contributed by atoms with van der Waals surface area (Å²) in [6.07, 6.45) is 8.50. The van der Waals surface area contributed by atoms with Crippen molar-refractivity contribution in [2.75, 3.05) is 6.54 Å². The van der Waals surface area contributed by atoms with E-state index in [0.717, 1.165) is 23.1 Å². The number of benzene rings is 2. The summed E-state index contributed by atoms with van der Waals surface area (Å²) in [7, 11) is -3.92. The van der Waals surface area contributed by atoms with Gasteiger partial charge in [0.2, 0.25) is 33.5 Å². The van der Waals surface area contributed by atoms with Crippen LogP contribution in [0.4, 0.5) is 0 Å². The van der Waals surface area contributed by atoms with Crippen LogP contribution in [0.15, 0.2) is 77.5 Å². The lowest BCUT2D eigenvalue weighted by Gasteiger charge is -2.29. The fourth-order valence-corrected chi connectivity index (χ4v) is 10.1. The Hall–Kier alpha value is -5.75. The fraction of sp³-hybridized carbons (Fsp3) is 0.400. The number of nitrogens with one attached hydrogen (secondary N) is 3. The number of aromatic nitrogens is 4. The molecule has 9 rings (SSSR count). The van der Waals surface area contributed by atoms with Crippen molar-refractivity contribution in [3.63, 3.8) is 0 Å². The van der Waals surface area contributed by atoms with Crippen LogP contribution in [0.25, 0.3) is 32.0 Å². The highest BCUT2D eigenvalue weighted by molar-refractivity contribution is 7.91. The lowest BCUT2D eigenvalue weighted by Crippen LogP contribution is -2.58. The van der Waals surface area contributed by atoms with Gasteiger partial charge in [-0.25, -0.2) is 23.4 Å². The highest BCUT2D eigenvalue weighted by Crippen LogP contribution is 2.46. The molecule has 58 heavy (non-hydrogen) atoms. The van der Waals surface area contributed by atoms with Crippen LogP contribution in [0.5, 0.6) is 5.88 Å². The second kappa shape index (κ2) is 15.2. The van der Waals surface area contributed by atoms with E-state index in [9.17, 15) is 27.6 Å². The van der Waals surface area contributed by atoms with Gasteiger partial charge in [0, 0.05) is 18.4 Å². The van der Waals surface area contributed by atoms with Gasteiger partial charge in [-0.05, 0) is 62.8 Å². The first-order valence-electron chi connectivity index (χ1n) is 19.4. The van der Waals surface area contributed by atoms with E-state index in [1.54, 1.807) is 0 Å². The van der Waals surface area contributed by atoms with Crippen LogP contribution in [0.2, 0.25) is 0 Å². The van der Waals surface area contributed by atoms with E-state index in [2.05, 4.69) is 20.5 Å². The van der Waals surface area contributed by atoms with E-state index >= 15 is 0 Å². The Labute approximate surface area is 336 Å². The van der Waals surface area contributed by atoms with Crippen molar-refractivity contribution >= 4 is 66.2 Å². The number of fused-ring (bicyclic) bond motifs is 4. The first kappa shape index (κ1) is 37.8. The molecule has 5 atom stereocenters. The van der Waals surface area contributed by atoms with Gasteiger partial charge >= 0.3 is 0 Å². The van der Waals surface area contributed by atoms with Gasteiger partial charge in [0.15, 0.2) is 5.69 Å². The molecule has 2 saturated carbocycles. The van der Waals surface area contributed by atoms with Gasteiger partial charge in [-0.15, -0.1) is 11.3 Å². The Bertz CT molecular complexity index is 2520. The van der Waals surface area contributed by atoms with E-state index in [1.165, 1.54) is 28.5 Å². The minimum absolute atomic E-state index is 0.00723. The van der Waals surface area contributed by atoms with E-state index in [-0.39, 0.29) is 37.4 Å². The first-order chi connectivity index (χ1) is 28.1. The maximum atomic E-state index is 14.7. The topological polar surface area (TPSA) is 216 Å². The number of carbonyl (C=O) groups excluding carboxylic acids is 4. The smallest absolute Gasteiger partial charge is 0.290 e. The molecular formula is C40H40N8O8S2. The summed E-state index contributed by atoms with van der Waals surface area (Å²) in [6, 6.07) is 14.2. The minimum Gasteiger partial charge on any atom is -0.471 e. The van der Waals surface area contributed by atoms with Crippen molar-refractivity contribution in [2.45, 2.75) is 86.8 Å².